The number of nitrogens with zero attached hydrogens (tertiary/aromatic N) is 2. The quantitative estimate of drug-likeness (QED) is 0.806. The molecule has 0 fully saturated rings. The third-order valence-electron chi connectivity index (χ3n) is 2.28. The van der Waals surface area contributed by atoms with E-state index in [-0.39, 0.29) is 5.92 Å². The van der Waals surface area contributed by atoms with Crippen molar-refractivity contribution >= 4 is 5.97 Å². The summed E-state index contributed by atoms with van der Waals surface area (Å²) in [4.78, 5) is 10.7. The van der Waals surface area contributed by atoms with Gasteiger partial charge in [-0.1, -0.05) is 20.8 Å². The van der Waals surface area contributed by atoms with Crippen LogP contribution >= 0.6 is 0 Å². The van der Waals surface area contributed by atoms with Gasteiger partial charge in [-0.25, -0.2) is 0 Å². The van der Waals surface area contributed by atoms with Gasteiger partial charge in [-0.15, -0.1) is 0 Å². The molecule has 1 unspecified atom stereocenters. The topological polar surface area (TPSA) is 55.1 Å². The van der Waals surface area contributed by atoms with E-state index >= 15 is 0 Å². The lowest BCUT2D eigenvalue weighted by Crippen LogP contribution is -2.16. The third kappa shape index (κ3) is 3.38. The molecule has 1 rings (SSSR count). The zero-order valence-electron chi connectivity index (χ0n) is 9.47. The molecule has 15 heavy (non-hydrogen) atoms. The van der Waals surface area contributed by atoms with E-state index in [1.807, 2.05) is 10.7 Å². The molecule has 1 aromatic rings. The van der Waals surface area contributed by atoms with E-state index in [1.165, 1.54) is 0 Å². The Morgan fingerprint density at radius 1 is 1.53 bits per heavy atom. The van der Waals surface area contributed by atoms with E-state index in [1.54, 1.807) is 13.1 Å². The molecule has 0 saturated heterocycles. The van der Waals surface area contributed by atoms with Gasteiger partial charge < -0.3 is 5.11 Å². The van der Waals surface area contributed by atoms with Crippen LogP contribution in [0.3, 0.4) is 0 Å². The third-order valence-corrected chi connectivity index (χ3v) is 2.28. The highest BCUT2D eigenvalue weighted by atomic mass is 16.4. The van der Waals surface area contributed by atoms with Crippen molar-refractivity contribution in [1.29, 1.82) is 0 Å². The van der Waals surface area contributed by atoms with Gasteiger partial charge in [0.1, 0.15) is 0 Å². The van der Waals surface area contributed by atoms with Gasteiger partial charge in [-0.2, -0.15) is 5.10 Å². The van der Waals surface area contributed by atoms with Gasteiger partial charge in [0.25, 0.3) is 0 Å². The van der Waals surface area contributed by atoms with Crippen molar-refractivity contribution in [2.75, 3.05) is 0 Å². The van der Waals surface area contributed by atoms with Crippen LogP contribution in [0.4, 0.5) is 0 Å². The van der Waals surface area contributed by atoms with Crippen molar-refractivity contribution in [2.45, 2.75) is 33.7 Å². The van der Waals surface area contributed by atoms with Crippen LogP contribution in [0.2, 0.25) is 0 Å². The summed E-state index contributed by atoms with van der Waals surface area (Å²) >= 11 is 0. The zero-order chi connectivity index (χ0) is 11.4. The molecule has 0 bridgehead atoms. The Morgan fingerprint density at radius 2 is 2.20 bits per heavy atom. The maximum absolute atomic E-state index is 10.7. The molecule has 0 aliphatic heterocycles. The molecule has 1 heterocycles. The van der Waals surface area contributed by atoms with E-state index in [2.05, 4.69) is 18.9 Å². The normalized spacial score (nSPS) is 13.1. The number of hydrogen-bond acceptors (Lipinski definition) is 2. The summed E-state index contributed by atoms with van der Waals surface area (Å²) < 4.78 is 1.89. The highest BCUT2D eigenvalue weighted by molar-refractivity contribution is 5.69. The van der Waals surface area contributed by atoms with E-state index in [0.717, 1.165) is 12.2 Å². The van der Waals surface area contributed by atoms with E-state index in [4.69, 9.17) is 5.11 Å². The average molecular weight is 210 g/mol. The lowest BCUT2D eigenvalue weighted by atomic mass is 10.1. The van der Waals surface area contributed by atoms with Gasteiger partial charge in [0.05, 0.1) is 5.92 Å². The lowest BCUT2D eigenvalue weighted by Gasteiger charge is -2.11. The molecule has 84 valence electrons. The predicted molar refractivity (Wildman–Crippen MR) is 57.6 cm³/mol. The van der Waals surface area contributed by atoms with Crippen molar-refractivity contribution in [3.8, 4) is 0 Å². The summed E-state index contributed by atoms with van der Waals surface area (Å²) in [5.74, 6) is -0.594. The van der Waals surface area contributed by atoms with Crippen LogP contribution in [0.5, 0.6) is 0 Å². The first-order valence-electron chi connectivity index (χ1n) is 5.24. The monoisotopic (exact) mass is 210 g/mol. The van der Waals surface area contributed by atoms with Crippen molar-refractivity contribution < 1.29 is 9.90 Å². The number of aromatic nitrogens is 2. The minimum absolute atomic E-state index is 0.354. The number of carboxylic acid groups (broad SMARTS) is 1. The summed E-state index contributed by atoms with van der Waals surface area (Å²) in [6.45, 7) is 6.79. The Labute approximate surface area is 89.9 Å². The Balaban J connectivity index is 2.68. The van der Waals surface area contributed by atoms with Gasteiger partial charge >= 0.3 is 5.97 Å². The Kier molecular flexibility index (Phi) is 3.88. The Bertz CT molecular complexity index is 331. The van der Waals surface area contributed by atoms with E-state index in [9.17, 15) is 4.79 Å². The minimum atomic E-state index is -0.757. The summed E-state index contributed by atoms with van der Waals surface area (Å²) in [6.07, 6.45) is 2.27. The number of hydrogen-bond donors (Lipinski definition) is 1. The second-order valence-electron chi connectivity index (χ2n) is 4.34. The van der Waals surface area contributed by atoms with Crippen molar-refractivity contribution in [2.24, 2.45) is 11.8 Å². The number of aliphatic carboxylic acids is 1. The predicted octanol–water partition coefficient (Wildman–Crippen LogP) is 1.80. The van der Waals surface area contributed by atoms with Crippen LogP contribution in [-0.2, 0) is 17.8 Å². The molecule has 0 saturated carbocycles. The maximum atomic E-state index is 10.7. The fraction of sp³-hybridized carbons (Fsp3) is 0.636. The largest absolute Gasteiger partial charge is 0.481 e. The second kappa shape index (κ2) is 4.96. The highest BCUT2D eigenvalue weighted by Crippen LogP contribution is 2.10. The summed E-state index contributed by atoms with van der Waals surface area (Å²) in [5, 5.41) is 13.0. The zero-order valence-corrected chi connectivity index (χ0v) is 9.47. The molecule has 1 aromatic heterocycles. The number of carbonyl (C=O) groups is 1. The fourth-order valence-electron chi connectivity index (χ4n) is 1.44. The summed E-state index contributed by atoms with van der Waals surface area (Å²) in [7, 11) is 0. The molecular formula is C11H18N2O2. The van der Waals surface area contributed by atoms with Gasteiger partial charge in [-0.05, 0) is 12.0 Å². The molecule has 0 amide bonds. The summed E-state index contributed by atoms with van der Waals surface area (Å²) in [5.41, 5.74) is 0.999. The molecule has 4 nitrogen and oxygen atoms in total. The molecular weight excluding hydrogens is 192 g/mol. The second-order valence-corrected chi connectivity index (χ2v) is 4.34. The molecule has 0 radical (unpaired) electrons. The van der Waals surface area contributed by atoms with Crippen LogP contribution in [0.25, 0.3) is 0 Å². The Hall–Kier alpha value is -1.32. The summed E-state index contributed by atoms with van der Waals surface area (Å²) in [6, 6.07) is 1.89. The SMILES string of the molecule is CC(C)Cn1nccc1CC(C)C(=O)O. The highest BCUT2D eigenvalue weighted by Gasteiger charge is 2.14. The Morgan fingerprint density at radius 3 is 2.73 bits per heavy atom. The van der Waals surface area contributed by atoms with Crippen LogP contribution < -0.4 is 0 Å². The lowest BCUT2D eigenvalue weighted by molar-refractivity contribution is -0.141. The van der Waals surface area contributed by atoms with E-state index in [0.29, 0.717) is 12.3 Å². The van der Waals surface area contributed by atoms with Gasteiger partial charge in [-0.3, -0.25) is 9.48 Å². The van der Waals surface area contributed by atoms with Crippen molar-refractivity contribution in [3.63, 3.8) is 0 Å². The molecule has 4 heteroatoms. The fourth-order valence-corrected chi connectivity index (χ4v) is 1.44. The minimum Gasteiger partial charge on any atom is -0.481 e. The van der Waals surface area contributed by atoms with Gasteiger partial charge in [0, 0.05) is 24.9 Å². The smallest absolute Gasteiger partial charge is 0.306 e. The molecule has 0 aliphatic rings. The molecule has 1 N–H and O–H groups in total. The van der Waals surface area contributed by atoms with Gasteiger partial charge in [0.15, 0.2) is 0 Å². The van der Waals surface area contributed by atoms with Crippen LogP contribution in [0.15, 0.2) is 12.3 Å². The van der Waals surface area contributed by atoms with Crippen molar-refractivity contribution in [1.82, 2.24) is 9.78 Å². The van der Waals surface area contributed by atoms with Crippen LogP contribution in [-0.4, -0.2) is 20.9 Å². The van der Waals surface area contributed by atoms with E-state index < -0.39 is 5.97 Å². The van der Waals surface area contributed by atoms with Crippen molar-refractivity contribution in [3.05, 3.63) is 18.0 Å². The molecule has 0 aromatic carbocycles. The first-order chi connectivity index (χ1) is 7.00. The number of carboxylic acids is 1. The standard InChI is InChI=1S/C11H18N2O2/c1-8(2)7-13-10(4-5-12-13)6-9(3)11(14)15/h4-5,8-9H,6-7H2,1-3H3,(H,14,15). The molecule has 0 spiro atoms. The first kappa shape index (κ1) is 11.8. The average Bonchev–Trinajstić information content (AvgIpc) is 2.51. The van der Waals surface area contributed by atoms with Crippen LogP contribution in [0.1, 0.15) is 26.5 Å². The van der Waals surface area contributed by atoms with Crippen LogP contribution in [0, 0.1) is 11.8 Å². The molecule has 0 aliphatic carbocycles. The first-order valence-corrected chi connectivity index (χ1v) is 5.24. The molecule has 1 atom stereocenters. The number of rotatable bonds is 5. The van der Waals surface area contributed by atoms with Gasteiger partial charge in [0.2, 0.25) is 0 Å². The maximum Gasteiger partial charge on any atom is 0.306 e.